The number of anilines is 3. The lowest BCUT2D eigenvalue weighted by molar-refractivity contribution is 0.0992. The molecule has 15 heteroatoms. The van der Waals surface area contributed by atoms with Gasteiger partial charge in [-0.25, -0.2) is 35.6 Å². The van der Waals surface area contributed by atoms with Crippen molar-refractivity contribution >= 4 is 33.0 Å². The molecule has 7 rings (SSSR count). The summed E-state index contributed by atoms with van der Waals surface area (Å²) in [6, 6.07) is 9.83. The minimum atomic E-state index is -4.64. The Hall–Kier alpha value is -5.18. The van der Waals surface area contributed by atoms with E-state index in [0.717, 1.165) is 5.56 Å². The summed E-state index contributed by atoms with van der Waals surface area (Å²) >= 11 is 0. The van der Waals surface area contributed by atoms with Gasteiger partial charge in [-0.15, -0.1) is 0 Å². The van der Waals surface area contributed by atoms with Gasteiger partial charge in [0.05, 0.1) is 35.4 Å². The maximum Gasteiger partial charge on any atom is 0.245 e. The zero-order valence-corrected chi connectivity index (χ0v) is 24.9. The normalized spacial score (nSPS) is 21.4. The van der Waals surface area contributed by atoms with Gasteiger partial charge in [-0.3, -0.25) is 9.52 Å². The summed E-state index contributed by atoms with van der Waals surface area (Å²) in [7, 11) is -4.64. The van der Waals surface area contributed by atoms with Gasteiger partial charge in [0.15, 0.2) is 22.6 Å². The number of carbonyl (C=O) groups excluding carboxylic acids is 1. The standard InChI is InChI=1S/C31H24F4N6O4S/c1-14-7-17-23(11-22(14)39-46(43,44)30-20(34)9-16(32)10-21(30)35)40-27(17)28(40)29(42)18-12-38-41(31(18)36)24-13-37-26(8-15(24)2)45-25-6-4-3-5-19(25)33/h3-13,20,27-28,30,39H,36H2,1-2H3/t20-,27?,28?,30?,40?/m1/s1. The molecule has 4 aromatic rings. The number of pyridine rings is 1. The van der Waals surface area contributed by atoms with Crippen molar-refractivity contribution in [3.8, 4) is 17.3 Å². The van der Waals surface area contributed by atoms with Crippen LogP contribution < -0.4 is 20.1 Å². The van der Waals surface area contributed by atoms with E-state index in [0.29, 0.717) is 34.7 Å². The van der Waals surface area contributed by atoms with Crippen LogP contribution in [0.4, 0.5) is 34.8 Å². The number of rotatable bonds is 8. The first-order chi connectivity index (χ1) is 21.9. The molecule has 0 spiro atoms. The number of nitrogens with two attached hydrogens (primary N) is 1. The minimum Gasteiger partial charge on any atom is -0.436 e. The fourth-order valence-electron chi connectivity index (χ4n) is 5.87. The van der Waals surface area contributed by atoms with Crippen molar-refractivity contribution in [2.24, 2.45) is 0 Å². The first kappa shape index (κ1) is 29.5. The van der Waals surface area contributed by atoms with Crippen molar-refractivity contribution in [2.45, 2.75) is 37.4 Å². The van der Waals surface area contributed by atoms with E-state index in [1.807, 2.05) is 0 Å². The molecule has 3 N–H and O–H groups in total. The number of carbonyl (C=O) groups is 1. The molecule has 4 heterocycles. The van der Waals surface area contributed by atoms with Crippen molar-refractivity contribution in [3.05, 3.63) is 107 Å². The average molecular weight is 653 g/mol. The monoisotopic (exact) mass is 652 g/mol. The second-order valence-electron chi connectivity index (χ2n) is 11.2. The Kier molecular flexibility index (Phi) is 6.70. The number of nitrogens with zero attached hydrogens (tertiary/aromatic N) is 4. The molecule has 2 aromatic heterocycles. The largest absolute Gasteiger partial charge is 0.436 e. The molecule has 1 fully saturated rings. The van der Waals surface area contributed by atoms with Gasteiger partial charge in [-0.2, -0.15) is 5.10 Å². The zero-order chi connectivity index (χ0) is 32.7. The Morgan fingerprint density at radius 1 is 1.04 bits per heavy atom. The Balaban J connectivity index is 1.08. The highest BCUT2D eigenvalue weighted by molar-refractivity contribution is 7.93. The smallest absolute Gasteiger partial charge is 0.245 e. The first-order valence-corrected chi connectivity index (χ1v) is 15.5. The number of nitrogens with one attached hydrogen (secondary N) is 1. The summed E-state index contributed by atoms with van der Waals surface area (Å²) in [6.07, 6.45) is 1.12. The number of Topliss-reactive ketones (excluding diaryl/α,β-unsaturated/α-hetero) is 1. The number of allylic oxidation sites excluding steroid dienone is 3. The molecule has 2 aromatic carbocycles. The van der Waals surface area contributed by atoms with Crippen molar-refractivity contribution < 1.29 is 35.5 Å². The van der Waals surface area contributed by atoms with Gasteiger partial charge in [0, 0.05) is 23.4 Å². The second kappa shape index (κ2) is 10.4. The van der Waals surface area contributed by atoms with Crippen LogP contribution in [0.1, 0.15) is 33.1 Å². The zero-order valence-electron chi connectivity index (χ0n) is 24.1. The van der Waals surface area contributed by atoms with E-state index in [-0.39, 0.29) is 40.5 Å². The summed E-state index contributed by atoms with van der Waals surface area (Å²) in [4.78, 5) is 19.6. The molecule has 236 valence electrons. The molecule has 4 atom stereocenters. The number of aromatic nitrogens is 3. The number of benzene rings is 2. The quantitative estimate of drug-likeness (QED) is 0.141. The van der Waals surface area contributed by atoms with Crippen LogP contribution in [0.5, 0.6) is 11.6 Å². The Labute approximate surface area is 259 Å². The number of nitrogen functional groups attached to an aromatic ring is 1. The maximum atomic E-state index is 14.3. The number of hydrogen-bond donors (Lipinski definition) is 2. The fourth-order valence-corrected chi connectivity index (χ4v) is 7.31. The van der Waals surface area contributed by atoms with Crippen LogP contribution >= 0.6 is 0 Å². The number of para-hydroxylation sites is 1. The minimum absolute atomic E-state index is 0.0150. The third kappa shape index (κ3) is 4.69. The van der Waals surface area contributed by atoms with E-state index in [2.05, 4.69) is 14.8 Å². The highest BCUT2D eigenvalue weighted by Crippen LogP contribution is 2.61. The predicted octanol–water partition coefficient (Wildman–Crippen LogP) is 5.69. The number of ketones is 1. The highest BCUT2D eigenvalue weighted by atomic mass is 32.2. The van der Waals surface area contributed by atoms with Gasteiger partial charge in [-0.1, -0.05) is 12.1 Å². The van der Waals surface area contributed by atoms with Gasteiger partial charge in [0.2, 0.25) is 15.9 Å². The lowest BCUT2D eigenvalue weighted by Crippen LogP contribution is -2.37. The van der Waals surface area contributed by atoms with Crippen LogP contribution in [0.2, 0.25) is 0 Å². The van der Waals surface area contributed by atoms with Gasteiger partial charge in [-0.05, 0) is 55.3 Å². The molecule has 0 bridgehead atoms. The third-order valence-electron chi connectivity index (χ3n) is 8.20. The Bertz CT molecular complexity index is 2130. The second-order valence-corrected chi connectivity index (χ2v) is 13.0. The molecule has 0 radical (unpaired) electrons. The van der Waals surface area contributed by atoms with Crippen molar-refractivity contribution in [3.63, 3.8) is 0 Å². The number of sulfonamides is 1. The Morgan fingerprint density at radius 3 is 2.52 bits per heavy atom. The fraction of sp³-hybridized carbons (Fsp3) is 0.194. The van der Waals surface area contributed by atoms with Gasteiger partial charge in [0.25, 0.3) is 0 Å². The summed E-state index contributed by atoms with van der Waals surface area (Å²) in [6.45, 7) is 3.37. The van der Waals surface area contributed by atoms with E-state index < -0.39 is 45.0 Å². The molecule has 3 unspecified atom stereocenters. The van der Waals surface area contributed by atoms with E-state index in [1.54, 1.807) is 43.0 Å². The molecule has 2 aliphatic heterocycles. The van der Waals surface area contributed by atoms with Crippen molar-refractivity contribution in [1.29, 1.82) is 0 Å². The van der Waals surface area contributed by atoms with Crippen LogP contribution in [0.3, 0.4) is 0 Å². The number of aryl methyl sites for hydroxylation is 2. The summed E-state index contributed by atoms with van der Waals surface area (Å²) in [5.41, 5.74) is 9.58. The molecule has 0 amide bonds. The maximum absolute atomic E-state index is 14.3. The predicted molar refractivity (Wildman–Crippen MR) is 161 cm³/mol. The lowest BCUT2D eigenvalue weighted by Gasteiger charge is -2.25. The molecule has 10 nitrogen and oxygen atoms in total. The summed E-state index contributed by atoms with van der Waals surface area (Å²) in [5, 5.41) is 2.06. The summed E-state index contributed by atoms with van der Waals surface area (Å²) < 4.78 is 90.9. The van der Waals surface area contributed by atoms with E-state index >= 15 is 0 Å². The van der Waals surface area contributed by atoms with Crippen LogP contribution in [-0.4, -0.2) is 46.4 Å². The average Bonchev–Trinajstić information content (AvgIpc) is 3.51. The van der Waals surface area contributed by atoms with E-state index in [4.69, 9.17) is 10.5 Å². The molecular weight excluding hydrogens is 628 g/mol. The number of ether oxygens (including phenoxy) is 1. The number of halogens is 4. The molecular formula is C31H24F4N6O4S. The lowest BCUT2D eigenvalue weighted by atomic mass is 9.98. The first-order valence-electron chi connectivity index (χ1n) is 14.0. The van der Waals surface area contributed by atoms with E-state index in [9.17, 15) is 30.8 Å². The van der Waals surface area contributed by atoms with Crippen LogP contribution in [0.15, 0.2) is 78.7 Å². The van der Waals surface area contributed by atoms with Crippen LogP contribution in [0.25, 0.3) is 5.69 Å². The molecule has 46 heavy (non-hydrogen) atoms. The number of fused-ring (bicyclic) bond motifs is 4. The van der Waals surface area contributed by atoms with Crippen LogP contribution in [0, 0.1) is 19.7 Å². The van der Waals surface area contributed by atoms with Crippen molar-refractivity contribution in [2.75, 3.05) is 15.4 Å². The SMILES string of the molecule is Cc1cc2c(cc1NS(=O)(=O)C1C(F)=CC(F)=C[C@H]1F)N1C(C(=O)c3cnn(-c4cnc(Oc5ccccc5F)cc4C)c3N)C21. The molecule has 1 saturated heterocycles. The third-order valence-corrected chi connectivity index (χ3v) is 9.86. The van der Waals surface area contributed by atoms with Gasteiger partial charge < -0.3 is 15.4 Å². The van der Waals surface area contributed by atoms with E-state index in [1.165, 1.54) is 35.3 Å². The number of alkyl halides is 1. The summed E-state index contributed by atoms with van der Waals surface area (Å²) in [5.74, 6) is -3.25. The molecule has 0 saturated carbocycles. The highest BCUT2D eigenvalue weighted by Gasteiger charge is 2.62. The Morgan fingerprint density at radius 2 is 1.80 bits per heavy atom. The topological polar surface area (TPSA) is 132 Å². The molecule has 1 aliphatic carbocycles. The number of hydrogen-bond acceptors (Lipinski definition) is 8. The van der Waals surface area contributed by atoms with Crippen molar-refractivity contribution in [1.82, 2.24) is 14.8 Å². The van der Waals surface area contributed by atoms with Gasteiger partial charge >= 0.3 is 0 Å². The van der Waals surface area contributed by atoms with Gasteiger partial charge in [0.1, 0.15) is 29.7 Å². The molecule has 3 aliphatic rings. The van der Waals surface area contributed by atoms with Crippen LogP contribution in [-0.2, 0) is 10.0 Å².